The Kier molecular flexibility index (Phi) is 8.57. The number of rotatable bonds is 9. The number of nitrogens with one attached hydrogen (secondary N) is 2. The number of anilines is 2. The number of aliphatic hydroxyl groups excluding tert-OH is 2. The third kappa shape index (κ3) is 6.71. The van der Waals surface area contributed by atoms with Crippen LogP contribution >= 0.6 is 11.3 Å². The summed E-state index contributed by atoms with van der Waals surface area (Å²) in [5.41, 5.74) is 2.11. The van der Waals surface area contributed by atoms with Gasteiger partial charge in [-0.05, 0) is 50.1 Å². The molecule has 230 valence electrons. The molecular weight excluding hydrogens is 612 g/mol. The van der Waals surface area contributed by atoms with Gasteiger partial charge in [0.2, 0.25) is 5.95 Å². The quantitative estimate of drug-likeness (QED) is 0.155. The topological polar surface area (TPSA) is 150 Å². The number of benzene rings is 1. The van der Waals surface area contributed by atoms with Gasteiger partial charge < -0.3 is 20.8 Å². The molecule has 5 rings (SSSR count). The molecule has 10 nitrogen and oxygen atoms in total. The molecule has 1 aliphatic rings. The van der Waals surface area contributed by atoms with Crippen LogP contribution in [-0.2, 0) is 16.3 Å². The van der Waals surface area contributed by atoms with Crippen molar-refractivity contribution < 1.29 is 36.2 Å². The van der Waals surface area contributed by atoms with Crippen molar-refractivity contribution in [1.82, 2.24) is 19.9 Å². The second-order valence-corrected chi connectivity index (χ2v) is 13.3. The summed E-state index contributed by atoms with van der Waals surface area (Å²) in [7, 11) is -3.94. The number of sulfone groups is 1. The van der Waals surface area contributed by atoms with E-state index in [1.54, 1.807) is 19.2 Å². The first kappa shape index (κ1) is 31.0. The first-order chi connectivity index (χ1) is 20.3. The Labute approximate surface area is 248 Å². The summed E-state index contributed by atoms with van der Waals surface area (Å²) < 4.78 is 78.9. The maximum atomic E-state index is 13.3. The largest absolute Gasteiger partial charge is 0.405 e. The van der Waals surface area contributed by atoms with Crippen molar-refractivity contribution in [2.45, 2.75) is 56.0 Å². The van der Waals surface area contributed by atoms with Crippen LogP contribution in [0.2, 0.25) is 0 Å². The van der Waals surface area contributed by atoms with Gasteiger partial charge >= 0.3 is 6.18 Å². The third-order valence-corrected chi connectivity index (χ3v) is 10.1. The molecule has 0 saturated heterocycles. The number of pyridine rings is 1. The minimum atomic E-state index is -4.53. The molecule has 0 aliphatic heterocycles. The highest BCUT2D eigenvalue weighted by Gasteiger charge is 2.44. The van der Waals surface area contributed by atoms with Crippen LogP contribution in [0.3, 0.4) is 0 Å². The van der Waals surface area contributed by atoms with E-state index in [-0.39, 0.29) is 23.1 Å². The molecule has 0 amide bonds. The second-order valence-electron chi connectivity index (χ2n) is 10.3. The molecule has 1 saturated carbocycles. The van der Waals surface area contributed by atoms with Crippen LogP contribution in [0.25, 0.3) is 20.8 Å². The maximum Gasteiger partial charge on any atom is 0.405 e. The smallest absolute Gasteiger partial charge is 0.390 e. The molecule has 4 aromatic rings. The van der Waals surface area contributed by atoms with Crippen molar-refractivity contribution in [3.05, 3.63) is 53.7 Å². The highest BCUT2D eigenvalue weighted by atomic mass is 32.2. The second kappa shape index (κ2) is 11.9. The average Bonchev–Trinajstić information content (AvgIpc) is 3.48. The number of fused-ring (bicyclic) bond motifs is 1. The molecule has 16 heteroatoms. The van der Waals surface area contributed by atoms with Gasteiger partial charge in [-0.1, -0.05) is 6.92 Å². The molecule has 4 N–H and O–H groups in total. The van der Waals surface area contributed by atoms with Gasteiger partial charge in [0, 0.05) is 12.1 Å². The summed E-state index contributed by atoms with van der Waals surface area (Å²) >= 11 is 1.31. The lowest BCUT2D eigenvalue weighted by Gasteiger charge is -2.21. The molecule has 43 heavy (non-hydrogen) atoms. The van der Waals surface area contributed by atoms with Gasteiger partial charge in [-0.15, -0.1) is 11.3 Å². The Morgan fingerprint density at radius 2 is 1.79 bits per heavy atom. The van der Waals surface area contributed by atoms with E-state index in [0.717, 1.165) is 34.7 Å². The number of aromatic nitrogens is 4. The van der Waals surface area contributed by atoms with Crippen molar-refractivity contribution in [3.63, 3.8) is 0 Å². The molecule has 0 spiro atoms. The predicted octanol–water partition coefficient (Wildman–Crippen LogP) is 4.13. The van der Waals surface area contributed by atoms with Gasteiger partial charge in [0.15, 0.2) is 9.84 Å². The molecule has 0 radical (unpaired) electrons. The minimum absolute atomic E-state index is 0.0136. The molecule has 1 aliphatic carbocycles. The van der Waals surface area contributed by atoms with E-state index < -0.39 is 58.3 Å². The summed E-state index contributed by atoms with van der Waals surface area (Å²) in [5.74, 6) is -2.29. The van der Waals surface area contributed by atoms with Crippen molar-refractivity contribution in [3.8, 4) is 10.6 Å². The van der Waals surface area contributed by atoms with E-state index >= 15 is 0 Å². The number of nitrogens with zero attached hydrogens (tertiary/aromatic N) is 4. The summed E-state index contributed by atoms with van der Waals surface area (Å²) in [4.78, 5) is 17.4. The van der Waals surface area contributed by atoms with Crippen molar-refractivity contribution in [1.29, 1.82) is 0 Å². The van der Waals surface area contributed by atoms with Crippen molar-refractivity contribution in [2.75, 3.05) is 22.9 Å². The van der Waals surface area contributed by atoms with E-state index in [1.807, 2.05) is 6.92 Å². The molecule has 3 heterocycles. The van der Waals surface area contributed by atoms with Gasteiger partial charge in [0.05, 0.1) is 44.4 Å². The predicted molar refractivity (Wildman–Crippen MR) is 153 cm³/mol. The standard InChI is InChI=1S/C27H28F4N6O4S2/c1-3-17-21-19(8-9-32-17)42-25(36-21)20-13(2)34-26(33-12-27(29,30)31)37-24(20)35-18-10-14(22(38)23(18)39)11-43(40,41)16-6-4-15(28)5-7-16/h4-9,14,18,22-23,38-39H,3,10-12H2,1-2H3,(H2,33,34,35,37)/t14-,18-,22-,23+/m1/s1. The first-order valence-corrected chi connectivity index (χ1v) is 15.8. The number of aliphatic hydroxyl groups is 2. The van der Waals surface area contributed by atoms with Crippen LogP contribution in [-0.4, -0.2) is 75.3 Å². The molecule has 4 atom stereocenters. The van der Waals surface area contributed by atoms with E-state index in [9.17, 15) is 36.2 Å². The van der Waals surface area contributed by atoms with Gasteiger partial charge in [-0.25, -0.2) is 22.8 Å². The number of alkyl halides is 3. The lowest BCUT2D eigenvalue weighted by molar-refractivity contribution is -0.115. The van der Waals surface area contributed by atoms with Gasteiger partial charge in [-0.3, -0.25) is 4.98 Å². The molecule has 1 fully saturated rings. The van der Waals surface area contributed by atoms with E-state index in [0.29, 0.717) is 28.2 Å². The number of hydrogen-bond donors (Lipinski definition) is 4. The Bertz CT molecular complexity index is 1730. The zero-order chi connectivity index (χ0) is 31.1. The van der Waals surface area contributed by atoms with Gasteiger partial charge in [-0.2, -0.15) is 18.2 Å². The zero-order valence-electron chi connectivity index (χ0n) is 22.9. The number of halogens is 4. The Balaban J connectivity index is 1.48. The monoisotopic (exact) mass is 640 g/mol. The van der Waals surface area contributed by atoms with E-state index in [2.05, 4.69) is 25.6 Å². The van der Waals surface area contributed by atoms with Crippen molar-refractivity contribution >= 4 is 43.2 Å². The molecule has 3 aromatic heterocycles. The van der Waals surface area contributed by atoms with Crippen LogP contribution < -0.4 is 10.6 Å². The fourth-order valence-corrected chi connectivity index (χ4v) is 7.81. The summed E-state index contributed by atoms with van der Waals surface area (Å²) in [5, 5.41) is 27.3. The van der Waals surface area contributed by atoms with Crippen LogP contribution in [0.1, 0.15) is 24.7 Å². The maximum absolute atomic E-state index is 13.3. The zero-order valence-corrected chi connectivity index (χ0v) is 24.6. The normalized spacial score (nSPS) is 20.9. The number of thiazole rings is 1. The first-order valence-electron chi connectivity index (χ1n) is 13.3. The van der Waals surface area contributed by atoms with Crippen molar-refractivity contribution in [2.24, 2.45) is 5.92 Å². The molecular formula is C27H28F4N6O4S2. The number of hydrogen-bond acceptors (Lipinski definition) is 11. The Morgan fingerprint density at radius 1 is 1.07 bits per heavy atom. The summed E-state index contributed by atoms with van der Waals surface area (Å²) in [6, 6.07) is 5.16. The van der Waals surface area contributed by atoms with Crippen LogP contribution in [0.4, 0.5) is 29.3 Å². The molecule has 0 unspecified atom stereocenters. The lowest BCUT2D eigenvalue weighted by Crippen LogP contribution is -2.36. The minimum Gasteiger partial charge on any atom is -0.390 e. The number of aryl methyl sites for hydroxylation is 2. The Hall–Kier alpha value is -3.47. The third-order valence-electron chi connectivity index (χ3n) is 7.20. The molecule has 0 bridgehead atoms. The van der Waals surface area contributed by atoms with Crippen LogP contribution in [0, 0.1) is 18.7 Å². The fourth-order valence-electron chi connectivity index (χ4n) is 5.09. The highest BCUT2D eigenvalue weighted by molar-refractivity contribution is 7.91. The summed E-state index contributed by atoms with van der Waals surface area (Å²) in [6.07, 6.45) is -5.14. The van der Waals surface area contributed by atoms with E-state index in [1.165, 1.54) is 11.3 Å². The van der Waals surface area contributed by atoms with E-state index in [4.69, 9.17) is 4.98 Å². The van der Waals surface area contributed by atoms with Gasteiger partial charge in [0.1, 0.15) is 34.8 Å². The van der Waals surface area contributed by atoms with Crippen LogP contribution in [0.5, 0.6) is 0 Å². The molecule has 1 aromatic carbocycles. The lowest BCUT2D eigenvalue weighted by atomic mass is 10.1. The SMILES string of the molecule is CCc1nccc2sc(-c3c(C)nc(NCC(F)(F)F)nc3N[C@@H]3C[C@H](CS(=O)(=O)c4ccc(F)cc4)[C@@H](O)[C@H]3O)nc12. The van der Waals surface area contributed by atoms with Crippen LogP contribution in [0.15, 0.2) is 41.4 Å². The fraction of sp³-hybridized carbons (Fsp3) is 0.407. The highest BCUT2D eigenvalue weighted by Crippen LogP contribution is 2.39. The average molecular weight is 641 g/mol. The Morgan fingerprint density at radius 3 is 2.47 bits per heavy atom. The summed E-state index contributed by atoms with van der Waals surface area (Å²) in [6.45, 7) is 2.14. The van der Waals surface area contributed by atoms with Gasteiger partial charge in [0.25, 0.3) is 0 Å².